The Balaban J connectivity index is 2.23. The van der Waals surface area contributed by atoms with Crippen LogP contribution in [0.2, 0.25) is 0 Å². The quantitative estimate of drug-likeness (QED) is 0.688. The van der Waals surface area contributed by atoms with E-state index in [-0.39, 0.29) is 20.4 Å². The van der Waals surface area contributed by atoms with Crippen molar-refractivity contribution in [3.05, 3.63) is 59.4 Å². The average Bonchev–Trinajstić information content (AvgIpc) is 3.00. The zero-order chi connectivity index (χ0) is 18.0. The highest BCUT2D eigenvalue weighted by molar-refractivity contribution is 7.93. The van der Waals surface area contributed by atoms with Gasteiger partial charge in [0.2, 0.25) is 15.8 Å². The van der Waals surface area contributed by atoms with E-state index in [0.29, 0.717) is 11.6 Å². The van der Waals surface area contributed by atoms with Gasteiger partial charge in [-0.25, -0.2) is 22.8 Å². The Morgan fingerprint density at radius 3 is 2.68 bits per heavy atom. The molecule has 2 aromatic heterocycles. The van der Waals surface area contributed by atoms with Crippen LogP contribution in [0.4, 0.5) is 8.78 Å². The molecule has 5 nitrogen and oxygen atoms in total. The van der Waals surface area contributed by atoms with Crippen LogP contribution in [0.25, 0.3) is 11.3 Å². The van der Waals surface area contributed by atoms with Crippen molar-refractivity contribution in [2.75, 3.05) is 7.05 Å². The first-order chi connectivity index (χ1) is 11.9. The number of hydrogen-bond donors (Lipinski definition) is 1. The highest BCUT2D eigenvalue weighted by atomic mass is 32.2. The summed E-state index contributed by atoms with van der Waals surface area (Å²) in [5.74, 6) is -1.49. The van der Waals surface area contributed by atoms with Crippen molar-refractivity contribution in [2.24, 2.45) is 0 Å². The molecule has 1 aromatic carbocycles. The summed E-state index contributed by atoms with van der Waals surface area (Å²) in [6.07, 6.45) is 1.26. The van der Waals surface area contributed by atoms with Crippen molar-refractivity contribution in [2.45, 2.75) is 15.6 Å². The summed E-state index contributed by atoms with van der Waals surface area (Å²) in [5, 5.41) is 3.34. The molecule has 0 saturated heterocycles. The lowest BCUT2D eigenvalue weighted by Gasteiger charge is -2.05. The Morgan fingerprint density at radius 2 is 2.00 bits per heavy atom. The van der Waals surface area contributed by atoms with E-state index < -0.39 is 21.6 Å². The van der Waals surface area contributed by atoms with Gasteiger partial charge in [-0.05, 0) is 37.4 Å². The fourth-order valence-electron chi connectivity index (χ4n) is 2.23. The number of rotatable bonds is 5. The van der Waals surface area contributed by atoms with Gasteiger partial charge in [0.25, 0.3) is 0 Å². The molecule has 0 saturated carbocycles. The molecule has 0 fully saturated rings. The van der Waals surface area contributed by atoms with Crippen LogP contribution in [0.3, 0.4) is 0 Å². The Morgan fingerprint density at radius 1 is 1.20 bits per heavy atom. The van der Waals surface area contributed by atoms with Gasteiger partial charge in [-0.1, -0.05) is 6.07 Å². The third kappa shape index (κ3) is 3.44. The lowest BCUT2D eigenvalue weighted by Crippen LogP contribution is -2.04. The molecule has 0 aliphatic heterocycles. The smallest absolute Gasteiger partial charge is 0.222 e. The van der Waals surface area contributed by atoms with Crippen molar-refractivity contribution < 1.29 is 17.2 Å². The number of sulfone groups is 1. The van der Waals surface area contributed by atoms with Crippen LogP contribution in [0.15, 0.2) is 51.7 Å². The first-order valence-corrected chi connectivity index (χ1v) is 9.49. The summed E-state index contributed by atoms with van der Waals surface area (Å²) in [6, 6.07) is 7.58. The maximum absolute atomic E-state index is 14.1. The van der Waals surface area contributed by atoms with Crippen molar-refractivity contribution in [3.63, 3.8) is 0 Å². The number of aromatic nitrogens is 2. The normalized spacial score (nSPS) is 11.6. The summed E-state index contributed by atoms with van der Waals surface area (Å²) < 4.78 is 53.3. The van der Waals surface area contributed by atoms with Gasteiger partial charge in [0.1, 0.15) is 16.5 Å². The Labute approximate surface area is 147 Å². The second kappa shape index (κ2) is 6.95. The van der Waals surface area contributed by atoms with Crippen molar-refractivity contribution >= 4 is 21.2 Å². The Kier molecular flexibility index (Phi) is 4.89. The van der Waals surface area contributed by atoms with E-state index in [1.54, 1.807) is 7.05 Å². The predicted molar refractivity (Wildman–Crippen MR) is 89.9 cm³/mol. The lowest BCUT2D eigenvalue weighted by atomic mass is 10.2. The number of nitrogens with one attached hydrogen (secondary N) is 1. The van der Waals surface area contributed by atoms with Crippen LogP contribution in [0.1, 0.15) is 5.01 Å². The lowest BCUT2D eigenvalue weighted by molar-refractivity contribution is 0.585. The van der Waals surface area contributed by atoms with E-state index in [1.807, 2.05) is 0 Å². The topological polar surface area (TPSA) is 72.0 Å². The van der Waals surface area contributed by atoms with Gasteiger partial charge >= 0.3 is 0 Å². The molecule has 2 heterocycles. The molecule has 130 valence electrons. The minimum absolute atomic E-state index is 0.0175. The van der Waals surface area contributed by atoms with Gasteiger partial charge in [-0.3, -0.25) is 0 Å². The number of pyridine rings is 1. The molecule has 0 spiro atoms. The summed E-state index contributed by atoms with van der Waals surface area (Å²) >= 11 is 0.917. The molecule has 0 aliphatic carbocycles. The Hall–Kier alpha value is -2.23. The molecule has 9 heteroatoms. The van der Waals surface area contributed by atoms with Crippen LogP contribution in [-0.2, 0) is 16.4 Å². The third-order valence-corrected chi connectivity index (χ3v) is 6.65. The molecular formula is C16H13F2N3O2S2. The maximum atomic E-state index is 14.1. The molecule has 0 bridgehead atoms. The fraction of sp³-hybridized carbons (Fsp3) is 0.125. The Bertz CT molecular complexity index is 1020. The van der Waals surface area contributed by atoms with E-state index in [9.17, 15) is 17.2 Å². The van der Waals surface area contributed by atoms with Crippen LogP contribution in [-0.4, -0.2) is 25.4 Å². The molecular weight excluding hydrogens is 368 g/mol. The van der Waals surface area contributed by atoms with Gasteiger partial charge in [0.15, 0.2) is 4.21 Å². The summed E-state index contributed by atoms with van der Waals surface area (Å²) in [7, 11) is -2.37. The largest absolute Gasteiger partial charge is 0.314 e. The van der Waals surface area contributed by atoms with Gasteiger partial charge in [-0.15, -0.1) is 11.3 Å². The highest BCUT2D eigenvalue weighted by Crippen LogP contribution is 2.36. The summed E-state index contributed by atoms with van der Waals surface area (Å²) in [4.78, 5) is 7.59. The zero-order valence-electron chi connectivity index (χ0n) is 13.0. The SMILES string of the molecule is CNCc1nc(-c2cccnc2F)c(S(=O)(=O)c2cccc(F)c2)s1. The van der Waals surface area contributed by atoms with Crippen LogP contribution >= 0.6 is 11.3 Å². The van der Waals surface area contributed by atoms with Crippen LogP contribution in [0.5, 0.6) is 0 Å². The van der Waals surface area contributed by atoms with E-state index in [1.165, 1.54) is 30.5 Å². The zero-order valence-corrected chi connectivity index (χ0v) is 14.7. The number of nitrogens with zero attached hydrogens (tertiary/aromatic N) is 2. The van der Waals surface area contributed by atoms with Crippen molar-refractivity contribution in [3.8, 4) is 11.3 Å². The number of halogens is 2. The average molecular weight is 381 g/mol. The van der Waals surface area contributed by atoms with Crippen LogP contribution < -0.4 is 5.32 Å². The standard InChI is InChI=1S/C16H13F2N3O2S2/c1-19-9-13-21-14(12-6-3-7-20-15(12)18)16(24-13)25(22,23)11-5-2-4-10(17)8-11/h2-8,19H,9H2,1H3. The summed E-state index contributed by atoms with van der Waals surface area (Å²) in [6.45, 7) is 0.318. The molecule has 3 rings (SSSR count). The van der Waals surface area contributed by atoms with E-state index >= 15 is 0 Å². The predicted octanol–water partition coefficient (Wildman–Crippen LogP) is 3.04. The highest BCUT2D eigenvalue weighted by Gasteiger charge is 2.28. The number of thiazole rings is 1. The maximum Gasteiger partial charge on any atom is 0.222 e. The number of hydrogen-bond acceptors (Lipinski definition) is 6. The number of benzene rings is 1. The van der Waals surface area contributed by atoms with E-state index in [2.05, 4.69) is 15.3 Å². The molecule has 25 heavy (non-hydrogen) atoms. The molecule has 0 aliphatic rings. The third-order valence-electron chi connectivity index (χ3n) is 3.33. The molecule has 0 unspecified atom stereocenters. The van der Waals surface area contributed by atoms with E-state index in [0.717, 1.165) is 23.5 Å². The molecule has 0 atom stereocenters. The summed E-state index contributed by atoms with van der Waals surface area (Å²) in [5.41, 5.74) is -0.0406. The first kappa shape index (κ1) is 17.6. The second-order valence-corrected chi connectivity index (χ2v) is 8.31. The van der Waals surface area contributed by atoms with Crippen molar-refractivity contribution in [1.29, 1.82) is 0 Å². The van der Waals surface area contributed by atoms with Crippen molar-refractivity contribution in [1.82, 2.24) is 15.3 Å². The van der Waals surface area contributed by atoms with E-state index in [4.69, 9.17) is 0 Å². The molecule has 3 aromatic rings. The molecule has 1 N–H and O–H groups in total. The molecule has 0 amide bonds. The minimum Gasteiger partial charge on any atom is -0.314 e. The minimum atomic E-state index is -4.06. The van der Waals surface area contributed by atoms with Gasteiger partial charge in [0, 0.05) is 12.7 Å². The monoisotopic (exact) mass is 381 g/mol. The fourth-order valence-corrected chi connectivity index (χ4v) is 5.22. The van der Waals surface area contributed by atoms with Crippen LogP contribution in [0, 0.1) is 11.8 Å². The van der Waals surface area contributed by atoms with Gasteiger partial charge < -0.3 is 5.32 Å². The van der Waals surface area contributed by atoms with Gasteiger partial charge in [0.05, 0.1) is 10.5 Å². The van der Waals surface area contributed by atoms with Gasteiger partial charge in [-0.2, -0.15) is 4.39 Å². The second-order valence-electron chi connectivity index (χ2n) is 5.08. The molecule has 0 radical (unpaired) electrons. The first-order valence-electron chi connectivity index (χ1n) is 7.19.